The predicted octanol–water partition coefficient (Wildman–Crippen LogP) is 3.46. The molecule has 2 heterocycles. The molecule has 0 spiro atoms. The number of benzene rings is 1. The molecule has 0 unspecified atom stereocenters. The molecule has 8 heteroatoms. The second-order valence-corrected chi connectivity index (χ2v) is 4.76. The van der Waals surface area contributed by atoms with Gasteiger partial charge in [0.1, 0.15) is 17.2 Å². The number of fused-ring (bicyclic) bond motifs is 1. The average Bonchev–Trinajstić information content (AvgIpc) is 2.76. The molecule has 0 radical (unpaired) electrons. The Bertz CT molecular complexity index is 803. The van der Waals surface area contributed by atoms with Crippen molar-refractivity contribution in [1.82, 2.24) is 19.5 Å². The summed E-state index contributed by atoms with van der Waals surface area (Å²) >= 11 is 11.6. The van der Waals surface area contributed by atoms with E-state index >= 15 is 0 Å². The van der Waals surface area contributed by atoms with Gasteiger partial charge in [-0.2, -0.15) is 4.98 Å². The molecule has 0 fully saturated rings. The van der Waals surface area contributed by atoms with E-state index in [0.717, 1.165) is 6.07 Å². The first-order chi connectivity index (χ1) is 9.54. The Morgan fingerprint density at radius 1 is 1.15 bits per heavy atom. The number of aromatic nitrogens is 4. The van der Waals surface area contributed by atoms with Crippen LogP contribution in [0.2, 0.25) is 10.4 Å². The Morgan fingerprint density at radius 2 is 1.95 bits per heavy atom. The molecule has 0 aliphatic heterocycles. The fraction of sp³-hybridized carbons (Fsp3) is 0.0833. The predicted molar refractivity (Wildman–Crippen MR) is 70.8 cm³/mol. The standard InChI is InChI=1S/C12H6Cl2F2N4/c13-10-9-11(19-12(14)18-10)20(5-17-9)4-6-1-2-7(15)3-8(6)16/h1-3,5H,4H2. The average molecular weight is 315 g/mol. The Morgan fingerprint density at radius 3 is 2.70 bits per heavy atom. The second kappa shape index (κ2) is 4.96. The van der Waals surface area contributed by atoms with Gasteiger partial charge in [0, 0.05) is 11.6 Å². The monoisotopic (exact) mass is 314 g/mol. The Hall–Kier alpha value is -1.79. The topological polar surface area (TPSA) is 43.6 Å². The van der Waals surface area contributed by atoms with Crippen molar-refractivity contribution < 1.29 is 8.78 Å². The number of rotatable bonds is 2. The molecule has 1 aromatic carbocycles. The van der Waals surface area contributed by atoms with Crippen molar-refractivity contribution in [1.29, 1.82) is 0 Å². The van der Waals surface area contributed by atoms with E-state index in [0.29, 0.717) is 16.7 Å². The maximum Gasteiger partial charge on any atom is 0.225 e. The molecule has 0 amide bonds. The number of nitrogens with zero attached hydrogens (tertiary/aromatic N) is 4. The highest BCUT2D eigenvalue weighted by Crippen LogP contribution is 2.22. The number of hydrogen-bond acceptors (Lipinski definition) is 3. The Kier molecular flexibility index (Phi) is 3.27. The molecule has 0 aliphatic carbocycles. The SMILES string of the molecule is Fc1ccc(Cn2cnc3c(Cl)nc(Cl)nc32)c(F)c1. The first-order valence-electron chi connectivity index (χ1n) is 5.52. The molecule has 0 atom stereocenters. The van der Waals surface area contributed by atoms with Crippen molar-refractivity contribution in [2.24, 2.45) is 0 Å². The van der Waals surface area contributed by atoms with Crippen LogP contribution in [0.25, 0.3) is 11.2 Å². The van der Waals surface area contributed by atoms with E-state index in [2.05, 4.69) is 15.0 Å². The molecule has 0 aliphatic rings. The highest BCUT2D eigenvalue weighted by atomic mass is 35.5. The minimum absolute atomic E-state index is 0.0242. The van der Waals surface area contributed by atoms with Crippen molar-refractivity contribution in [3.63, 3.8) is 0 Å². The van der Waals surface area contributed by atoms with Gasteiger partial charge in [0.25, 0.3) is 0 Å². The molecule has 0 saturated heterocycles. The molecule has 3 aromatic rings. The van der Waals surface area contributed by atoms with Gasteiger partial charge in [-0.15, -0.1) is 0 Å². The highest BCUT2D eigenvalue weighted by molar-refractivity contribution is 6.35. The summed E-state index contributed by atoms with van der Waals surface area (Å²) in [7, 11) is 0. The molecule has 2 aromatic heterocycles. The van der Waals surface area contributed by atoms with Crippen molar-refractivity contribution in [3.8, 4) is 0 Å². The molecule has 0 bridgehead atoms. The van der Waals surface area contributed by atoms with Crippen LogP contribution in [0.4, 0.5) is 8.78 Å². The third kappa shape index (κ3) is 2.32. The lowest BCUT2D eigenvalue weighted by molar-refractivity contribution is 0.567. The van der Waals surface area contributed by atoms with Gasteiger partial charge in [-0.3, -0.25) is 0 Å². The Labute approximate surface area is 122 Å². The highest BCUT2D eigenvalue weighted by Gasteiger charge is 2.12. The second-order valence-electron chi connectivity index (χ2n) is 4.06. The van der Waals surface area contributed by atoms with Crippen molar-refractivity contribution in [2.75, 3.05) is 0 Å². The van der Waals surface area contributed by atoms with E-state index in [1.807, 2.05) is 0 Å². The number of imidazole rings is 1. The van der Waals surface area contributed by atoms with Gasteiger partial charge in [0.05, 0.1) is 12.9 Å². The minimum atomic E-state index is -0.641. The quantitative estimate of drug-likeness (QED) is 0.537. The van der Waals surface area contributed by atoms with Gasteiger partial charge in [-0.1, -0.05) is 17.7 Å². The summed E-state index contributed by atoms with van der Waals surface area (Å²) in [5.74, 6) is -1.27. The summed E-state index contributed by atoms with van der Waals surface area (Å²) in [5, 5.41) is 0.0992. The van der Waals surface area contributed by atoms with Gasteiger partial charge in [-0.25, -0.2) is 18.7 Å². The van der Waals surface area contributed by atoms with Crippen LogP contribution in [0.15, 0.2) is 24.5 Å². The zero-order valence-electron chi connectivity index (χ0n) is 9.82. The fourth-order valence-electron chi connectivity index (χ4n) is 1.83. The first kappa shape index (κ1) is 13.2. The maximum atomic E-state index is 13.6. The lowest BCUT2D eigenvalue weighted by Gasteiger charge is -2.05. The van der Waals surface area contributed by atoms with Gasteiger partial charge in [-0.05, 0) is 17.7 Å². The lowest BCUT2D eigenvalue weighted by Crippen LogP contribution is -2.02. The van der Waals surface area contributed by atoms with Gasteiger partial charge < -0.3 is 4.57 Å². The number of halogens is 4. The van der Waals surface area contributed by atoms with E-state index in [1.165, 1.54) is 18.5 Å². The van der Waals surface area contributed by atoms with Gasteiger partial charge in [0.15, 0.2) is 10.8 Å². The van der Waals surface area contributed by atoms with Crippen molar-refractivity contribution in [3.05, 3.63) is 52.2 Å². The number of hydrogen-bond donors (Lipinski definition) is 0. The molecule has 0 saturated carbocycles. The molecular weight excluding hydrogens is 309 g/mol. The third-order valence-corrected chi connectivity index (χ3v) is 3.18. The van der Waals surface area contributed by atoms with Crippen LogP contribution >= 0.6 is 23.2 Å². The minimum Gasteiger partial charge on any atom is -0.311 e. The summed E-state index contributed by atoms with van der Waals surface area (Å²) < 4.78 is 28.1. The van der Waals surface area contributed by atoms with Crippen LogP contribution in [-0.2, 0) is 6.54 Å². The van der Waals surface area contributed by atoms with Crippen LogP contribution in [0.1, 0.15) is 5.56 Å². The van der Waals surface area contributed by atoms with Crippen LogP contribution in [0.3, 0.4) is 0 Å². The van der Waals surface area contributed by atoms with Crippen LogP contribution in [-0.4, -0.2) is 19.5 Å². The van der Waals surface area contributed by atoms with Crippen LogP contribution < -0.4 is 0 Å². The van der Waals surface area contributed by atoms with E-state index in [1.54, 1.807) is 4.57 Å². The van der Waals surface area contributed by atoms with Crippen LogP contribution in [0, 0.1) is 11.6 Å². The van der Waals surface area contributed by atoms with E-state index in [-0.39, 0.29) is 17.0 Å². The third-order valence-electron chi connectivity index (χ3n) is 2.75. The zero-order chi connectivity index (χ0) is 14.3. The molecule has 20 heavy (non-hydrogen) atoms. The molecule has 4 nitrogen and oxygen atoms in total. The molecule has 102 valence electrons. The van der Waals surface area contributed by atoms with Crippen molar-refractivity contribution in [2.45, 2.75) is 6.54 Å². The summed E-state index contributed by atoms with van der Waals surface area (Å²) in [4.78, 5) is 11.8. The summed E-state index contributed by atoms with van der Waals surface area (Å²) in [6, 6.07) is 3.37. The summed E-state index contributed by atoms with van der Waals surface area (Å²) in [5.41, 5.74) is 1.06. The van der Waals surface area contributed by atoms with Crippen molar-refractivity contribution >= 4 is 34.4 Å². The summed E-state index contributed by atoms with van der Waals surface area (Å²) in [6.45, 7) is 0.131. The summed E-state index contributed by atoms with van der Waals surface area (Å²) in [6.07, 6.45) is 1.45. The molecular formula is C12H6Cl2F2N4. The van der Waals surface area contributed by atoms with Crippen LogP contribution in [0.5, 0.6) is 0 Å². The Balaban J connectivity index is 2.07. The maximum absolute atomic E-state index is 13.6. The fourth-order valence-corrected chi connectivity index (χ4v) is 2.26. The smallest absolute Gasteiger partial charge is 0.225 e. The zero-order valence-corrected chi connectivity index (χ0v) is 11.3. The van der Waals surface area contributed by atoms with E-state index in [4.69, 9.17) is 23.2 Å². The normalized spacial score (nSPS) is 11.2. The largest absolute Gasteiger partial charge is 0.311 e. The van der Waals surface area contributed by atoms with E-state index < -0.39 is 11.6 Å². The first-order valence-corrected chi connectivity index (χ1v) is 6.28. The molecule has 0 N–H and O–H groups in total. The molecule has 3 rings (SSSR count). The van der Waals surface area contributed by atoms with Gasteiger partial charge >= 0.3 is 0 Å². The van der Waals surface area contributed by atoms with E-state index in [9.17, 15) is 8.78 Å². The lowest BCUT2D eigenvalue weighted by atomic mass is 10.2. The van der Waals surface area contributed by atoms with Gasteiger partial charge in [0.2, 0.25) is 5.28 Å².